The van der Waals surface area contributed by atoms with Gasteiger partial charge < -0.3 is 15.0 Å². The van der Waals surface area contributed by atoms with Gasteiger partial charge in [-0.15, -0.1) is 5.10 Å². The van der Waals surface area contributed by atoms with Gasteiger partial charge in [0.25, 0.3) is 0 Å². The molecule has 33 heavy (non-hydrogen) atoms. The highest BCUT2D eigenvalue weighted by molar-refractivity contribution is 5.90. The Balaban J connectivity index is 1.59. The van der Waals surface area contributed by atoms with Crippen LogP contribution in [0.4, 0.5) is 30.5 Å². The van der Waals surface area contributed by atoms with Crippen LogP contribution in [0, 0.1) is 0 Å². The molecule has 0 unspecified atom stereocenters. The summed E-state index contributed by atoms with van der Waals surface area (Å²) >= 11 is 0. The number of nitrogens with one attached hydrogen (secondary N) is 1. The average Bonchev–Trinajstić information content (AvgIpc) is 3.21. The lowest BCUT2D eigenvalue weighted by Crippen LogP contribution is -2.44. The summed E-state index contributed by atoms with van der Waals surface area (Å²) in [7, 11) is 1.53. The van der Waals surface area contributed by atoms with Crippen LogP contribution >= 0.6 is 0 Å². The van der Waals surface area contributed by atoms with Gasteiger partial charge in [0.2, 0.25) is 11.9 Å². The third-order valence-corrected chi connectivity index (χ3v) is 5.05. The van der Waals surface area contributed by atoms with E-state index in [9.17, 15) is 27.6 Å². The monoisotopic (exact) mass is 461 g/mol. The van der Waals surface area contributed by atoms with E-state index in [2.05, 4.69) is 10.4 Å². The Labute approximate surface area is 184 Å². The summed E-state index contributed by atoms with van der Waals surface area (Å²) in [4.78, 5) is 39.1. The van der Waals surface area contributed by atoms with Crippen molar-refractivity contribution in [2.75, 3.05) is 23.9 Å². The van der Waals surface area contributed by atoms with E-state index >= 15 is 0 Å². The van der Waals surface area contributed by atoms with Gasteiger partial charge in [0.05, 0.1) is 12.7 Å². The Kier molecular flexibility index (Phi) is 5.66. The molecule has 0 fully saturated rings. The van der Waals surface area contributed by atoms with Gasteiger partial charge in [-0.3, -0.25) is 19.0 Å². The fourth-order valence-corrected chi connectivity index (χ4v) is 3.45. The van der Waals surface area contributed by atoms with Gasteiger partial charge in [-0.25, -0.2) is 4.68 Å². The van der Waals surface area contributed by atoms with Crippen molar-refractivity contribution in [2.24, 2.45) is 0 Å². The van der Waals surface area contributed by atoms with Crippen molar-refractivity contribution in [1.29, 1.82) is 0 Å². The minimum atomic E-state index is -4.57. The minimum Gasteiger partial charge on any atom is -0.497 e. The van der Waals surface area contributed by atoms with Gasteiger partial charge in [-0.05, 0) is 42.5 Å². The molecule has 0 spiro atoms. The number of halogens is 3. The normalized spacial score (nSPS) is 13.0. The Hall–Kier alpha value is -4.09. The smallest absolute Gasteiger partial charge is 0.416 e. The molecule has 1 N–H and O–H groups in total. The van der Waals surface area contributed by atoms with Crippen molar-refractivity contribution < 1.29 is 22.7 Å². The highest BCUT2D eigenvalue weighted by Gasteiger charge is 2.30. The molecule has 0 bridgehead atoms. The summed E-state index contributed by atoms with van der Waals surface area (Å²) in [6.45, 7) is -0.0250. The molecule has 1 aliphatic heterocycles. The number of hydrogen-bond donors (Lipinski definition) is 1. The summed E-state index contributed by atoms with van der Waals surface area (Å²) in [6.07, 6.45) is -4.57. The van der Waals surface area contributed by atoms with Crippen LogP contribution in [0.2, 0.25) is 0 Å². The van der Waals surface area contributed by atoms with Crippen molar-refractivity contribution in [3.8, 4) is 5.75 Å². The van der Waals surface area contributed by atoms with E-state index in [-0.39, 0.29) is 18.2 Å². The number of rotatable bonds is 5. The standard InChI is InChI=1S/C21H18F3N5O4/c1-33-16-7-5-15(6-8-16)27-9-10-28-18(31)19(32)29(26-20(27)28)12-17(30)25-14-4-2-3-13(11-14)21(22,23)24/h2-8,11H,9-10,12H2,1H3,(H,25,30). The number of methoxy groups -OCH3 is 1. The van der Waals surface area contributed by atoms with Crippen LogP contribution in [-0.2, 0) is 24.1 Å². The highest BCUT2D eigenvalue weighted by Crippen LogP contribution is 2.31. The number of nitrogens with zero attached hydrogens (tertiary/aromatic N) is 4. The van der Waals surface area contributed by atoms with E-state index in [0.717, 1.165) is 18.2 Å². The number of ether oxygens (including phenoxy) is 1. The molecule has 12 heteroatoms. The number of hydrogen-bond acceptors (Lipinski definition) is 6. The van der Waals surface area contributed by atoms with Crippen LogP contribution in [0.15, 0.2) is 58.1 Å². The zero-order valence-corrected chi connectivity index (χ0v) is 17.3. The lowest BCUT2D eigenvalue weighted by atomic mass is 10.2. The predicted molar refractivity (Wildman–Crippen MR) is 113 cm³/mol. The number of anilines is 3. The van der Waals surface area contributed by atoms with Crippen LogP contribution in [0.25, 0.3) is 0 Å². The maximum Gasteiger partial charge on any atom is 0.416 e. The fraction of sp³-hybridized carbons (Fsp3) is 0.238. The number of carbonyl (C=O) groups excluding carboxylic acids is 1. The summed E-state index contributed by atoms with van der Waals surface area (Å²) in [5.41, 5.74) is -2.17. The Morgan fingerprint density at radius 3 is 2.48 bits per heavy atom. The molecule has 3 aromatic rings. The van der Waals surface area contributed by atoms with Crippen LogP contribution in [0.1, 0.15) is 5.56 Å². The Morgan fingerprint density at radius 1 is 1.09 bits per heavy atom. The summed E-state index contributed by atoms with van der Waals surface area (Å²) in [5, 5.41) is 6.47. The molecule has 0 radical (unpaired) electrons. The van der Waals surface area contributed by atoms with E-state index in [1.165, 1.54) is 17.7 Å². The fourth-order valence-electron chi connectivity index (χ4n) is 3.45. The second-order valence-corrected chi connectivity index (χ2v) is 7.20. The second kappa shape index (κ2) is 8.45. The first-order chi connectivity index (χ1) is 15.7. The molecule has 9 nitrogen and oxygen atoms in total. The average molecular weight is 461 g/mol. The van der Waals surface area contributed by atoms with E-state index in [0.29, 0.717) is 22.7 Å². The van der Waals surface area contributed by atoms with Crippen LogP contribution in [0.5, 0.6) is 5.75 Å². The molecule has 0 aliphatic carbocycles. The largest absolute Gasteiger partial charge is 0.497 e. The van der Waals surface area contributed by atoms with Gasteiger partial charge in [-0.2, -0.15) is 13.2 Å². The zero-order chi connectivity index (χ0) is 23.8. The second-order valence-electron chi connectivity index (χ2n) is 7.20. The van der Waals surface area contributed by atoms with Gasteiger partial charge in [0.15, 0.2) is 0 Å². The molecule has 1 aromatic heterocycles. The van der Waals surface area contributed by atoms with Crippen LogP contribution < -0.4 is 26.1 Å². The maximum atomic E-state index is 12.9. The molecule has 0 saturated carbocycles. The maximum absolute atomic E-state index is 12.9. The summed E-state index contributed by atoms with van der Waals surface area (Å²) in [5.74, 6) is 0.0124. The van der Waals surface area contributed by atoms with Gasteiger partial charge >= 0.3 is 17.3 Å². The van der Waals surface area contributed by atoms with Gasteiger partial charge in [0, 0.05) is 24.5 Å². The molecule has 0 atom stereocenters. The van der Waals surface area contributed by atoms with E-state index in [1.54, 1.807) is 29.2 Å². The lowest BCUT2D eigenvalue weighted by molar-refractivity contribution is -0.137. The topological polar surface area (TPSA) is 98.5 Å². The van der Waals surface area contributed by atoms with E-state index < -0.39 is 35.3 Å². The number of fused-ring (bicyclic) bond motifs is 1. The van der Waals surface area contributed by atoms with E-state index in [4.69, 9.17) is 4.74 Å². The number of carbonyl (C=O) groups is 1. The van der Waals surface area contributed by atoms with Crippen LogP contribution in [-0.4, -0.2) is 33.9 Å². The number of benzene rings is 2. The molecular formula is C21H18F3N5O4. The van der Waals surface area contributed by atoms with Crippen molar-refractivity contribution in [3.05, 3.63) is 74.8 Å². The van der Waals surface area contributed by atoms with E-state index in [1.807, 2.05) is 0 Å². The highest BCUT2D eigenvalue weighted by atomic mass is 19.4. The Morgan fingerprint density at radius 2 is 1.82 bits per heavy atom. The first-order valence-corrected chi connectivity index (χ1v) is 9.78. The number of amides is 1. The minimum absolute atomic E-state index is 0.0967. The first kappa shape index (κ1) is 22.1. The first-order valence-electron chi connectivity index (χ1n) is 9.78. The van der Waals surface area contributed by atoms with Gasteiger partial charge in [0.1, 0.15) is 12.3 Å². The van der Waals surface area contributed by atoms with Crippen LogP contribution in [0.3, 0.4) is 0 Å². The molecule has 1 amide bonds. The van der Waals surface area contributed by atoms with Crippen molar-refractivity contribution in [1.82, 2.24) is 14.3 Å². The third kappa shape index (κ3) is 4.45. The number of alkyl halides is 3. The van der Waals surface area contributed by atoms with Crippen molar-refractivity contribution in [3.63, 3.8) is 0 Å². The summed E-state index contributed by atoms with van der Waals surface area (Å²) in [6, 6.07) is 11.1. The molecule has 1 aliphatic rings. The predicted octanol–water partition coefficient (Wildman–Crippen LogP) is 2.22. The van der Waals surface area contributed by atoms with Gasteiger partial charge in [-0.1, -0.05) is 6.07 Å². The molecule has 2 heterocycles. The molecular weight excluding hydrogens is 443 g/mol. The SMILES string of the molecule is COc1ccc(N2CCn3c2nn(CC(=O)Nc2cccc(C(F)(F)F)c2)c(=O)c3=O)cc1. The molecule has 0 saturated heterocycles. The van der Waals surface area contributed by atoms with Crippen molar-refractivity contribution in [2.45, 2.75) is 19.3 Å². The zero-order valence-electron chi connectivity index (χ0n) is 17.3. The quantitative estimate of drug-likeness (QED) is 0.586. The molecule has 2 aromatic carbocycles. The number of aromatic nitrogens is 3. The molecule has 4 rings (SSSR count). The summed E-state index contributed by atoms with van der Waals surface area (Å²) < 4.78 is 45.7. The van der Waals surface area contributed by atoms with Crippen molar-refractivity contribution >= 4 is 23.2 Å². The third-order valence-electron chi connectivity index (χ3n) is 5.05. The Bertz CT molecular complexity index is 1320. The lowest BCUT2D eigenvalue weighted by Gasteiger charge is -2.18. The molecule has 172 valence electrons.